The molecule has 0 aliphatic carbocycles. The Kier molecular flexibility index (Phi) is 3.61. The molecule has 1 fully saturated rings. The standard InChI is InChI=1S/C18H20N4O2/c1-2-12-9-13(3-4-16(12)24)15-10-20-18-17(19-6-8-22(15)18)21-7-5-14(23)11-21/h3-4,6,8-10,14,23-24H,2,5,7,11H2,1H3. The first-order valence-electron chi connectivity index (χ1n) is 8.24. The van der Waals surface area contributed by atoms with Crippen LogP contribution in [0.1, 0.15) is 18.9 Å². The first kappa shape index (κ1) is 15.0. The van der Waals surface area contributed by atoms with Crippen LogP contribution in [0, 0.1) is 0 Å². The molecule has 2 N–H and O–H groups in total. The zero-order valence-corrected chi connectivity index (χ0v) is 13.6. The van der Waals surface area contributed by atoms with Gasteiger partial charge in [0.05, 0.1) is 18.0 Å². The molecule has 0 amide bonds. The van der Waals surface area contributed by atoms with E-state index in [1.165, 1.54) is 0 Å². The van der Waals surface area contributed by atoms with Gasteiger partial charge in [-0.2, -0.15) is 0 Å². The van der Waals surface area contributed by atoms with Gasteiger partial charge in [0.15, 0.2) is 11.5 Å². The molecule has 1 aliphatic rings. The molecule has 24 heavy (non-hydrogen) atoms. The maximum Gasteiger partial charge on any atom is 0.180 e. The Morgan fingerprint density at radius 1 is 1.29 bits per heavy atom. The number of aryl methyl sites for hydroxylation is 1. The van der Waals surface area contributed by atoms with Crippen LogP contribution in [0.25, 0.3) is 16.9 Å². The summed E-state index contributed by atoms with van der Waals surface area (Å²) < 4.78 is 2.01. The van der Waals surface area contributed by atoms with E-state index in [1.54, 1.807) is 12.3 Å². The Hall–Kier alpha value is -2.60. The van der Waals surface area contributed by atoms with Crippen molar-refractivity contribution in [1.82, 2.24) is 14.4 Å². The molecule has 1 atom stereocenters. The van der Waals surface area contributed by atoms with Crippen LogP contribution < -0.4 is 4.90 Å². The molecular weight excluding hydrogens is 304 g/mol. The van der Waals surface area contributed by atoms with Crippen molar-refractivity contribution in [3.63, 3.8) is 0 Å². The third-order valence-electron chi connectivity index (χ3n) is 4.63. The summed E-state index contributed by atoms with van der Waals surface area (Å²) in [6.45, 7) is 3.40. The number of aliphatic hydroxyl groups excluding tert-OH is 1. The normalized spacial score (nSPS) is 17.8. The van der Waals surface area contributed by atoms with Crippen molar-refractivity contribution in [2.24, 2.45) is 0 Å². The predicted molar refractivity (Wildman–Crippen MR) is 92.3 cm³/mol. The molecular formula is C18H20N4O2. The first-order chi connectivity index (χ1) is 11.7. The molecule has 6 heteroatoms. The van der Waals surface area contributed by atoms with E-state index in [0.717, 1.165) is 47.7 Å². The second-order valence-corrected chi connectivity index (χ2v) is 6.17. The lowest BCUT2D eigenvalue weighted by Gasteiger charge is -2.17. The zero-order chi connectivity index (χ0) is 16.7. The highest BCUT2D eigenvalue weighted by atomic mass is 16.3. The number of aromatic nitrogens is 3. The fraction of sp³-hybridized carbons (Fsp3) is 0.333. The van der Waals surface area contributed by atoms with Crippen LogP contribution in [0.2, 0.25) is 0 Å². The summed E-state index contributed by atoms with van der Waals surface area (Å²) in [4.78, 5) is 11.1. The van der Waals surface area contributed by atoms with Gasteiger partial charge in [-0.3, -0.25) is 4.40 Å². The number of fused-ring (bicyclic) bond motifs is 1. The van der Waals surface area contributed by atoms with Crippen LogP contribution in [0.15, 0.2) is 36.8 Å². The third kappa shape index (κ3) is 2.39. The predicted octanol–water partition coefficient (Wildman–Crippen LogP) is 2.24. The summed E-state index contributed by atoms with van der Waals surface area (Å²) >= 11 is 0. The Labute approximate surface area is 140 Å². The second kappa shape index (κ2) is 5.79. The fourth-order valence-corrected chi connectivity index (χ4v) is 3.30. The van der Waals surface area contributed by atoms with Crippen molar-refractivity contribution in [3.05, 3.63) is 42.4 Å². The minimum Gasteiger partial charge on any atom is -0.508 e. The summed E-state index contributed by atoms with van der Waals surface area (Å²) in [5, 5.41) is 19.7. The number of anilines is 1. The van der Waals surface area contributed by atoms with Crippen molar-refractivity contribution in [1.29, 1.82) is 0 Å². The number of benzene rings is 1. The largest absolute Gasteiger partial charge is 0.508 e. The van der Waals surface area contributed by atoms with E-state index in [0.29, 0.717) is 12.3 Å². The topological polar surface area (TPSA) is 73.9 Å². The van der Waals surface area contributed by atoms with E-state index in [9.17, 15) is 10.2 Å². The molecule has 6 nitrogen and oxygen atoms in total. The molecule has 0 radical (unpaired) electrons. The quantitative estimate of drug-likeness (QED) is 0.773. The number of hydrogen-bond acceptors (Lipinski definition) is 5. The van der Waals surface area contributed by atoms with E-state index in [4.69, 9.17) is 0 Å². The van der Waals surface area contributed by atoms with Crippen molar-refractivity contribution in [2.75, 3.05) is 18.0 Å². The van der Waals surface area contributed by atoms with Gasteiger partial charge in [-0.05, 0) is 36.6 Å². The molecule has 3 aromatic rings. The number of aromatic hydroxyl groups is 1. The van der Waals surface area contributed by atoms with Gasteiger partial charge in [-0.15, -0.1) is 0 Å². The second-order valence-electron chi connectivity index (χ2n) is 6.17. The molecule has 0 bridgehead atoms. The lowest BCUT2D eigenvalue weighted by Crippen LogP contribution is -2.23. The number of nitrogens with zero attached hydrogens (tertiary/aromatic N) is 4. The number of aliphatic hydroxyl groups is 1. The number of phenolic OH excluding ortho intramolecular Hbond substituents is 1. The maximum absolute atomic E-state index is 9.90. The molecule has 1 aromatic carbocycles. The summed E-state index contributed by atoms with van der Waals surface area (Å²) in [6.07, 6.45) is 6.72. The molecule has 1 saturated heterocycles. The summed E-state index contributed by atoms with van der Waals surface area (Å²) in [7, 11) is 0. The molecule has 1 aliphatic heterocycles. The molecule has 4 rings (SSSR count). The van der Waals surface area contributed by atoms with Gasteiger partial charge in [0, 0.05) is 31.0 Å². The number of phenols is 1. The number of imidazole rings is 1. The molecule has 124 valence electrons. The van der Waals surface area contributed by atoms with Crippen molar-refractivity contribution in [2.45, 2.75) is 25.9 Å². The molecule has 3 heterocycles. The molecule has 0 saturated carbocycles. The van der Waals surface area contributed by atoms with Crippen LogP contribution >= 0.6 is 0 Å². The number of rotatable bonds is 3. The van der Waals surface area contributed by atoms with E-state index in [-0.39, 0.29) is 6.10 Å². The van der Waals surface area contributed by atoms with Gasteiger partial charge in [-0.1, -0.05) is 6.92 Å². The summed E-state index contributed by atoms with van der Waals surface area (Å²) in [6, 6.07) is 5.63. The number of hydrogen-bond donors (Lipinski definition) is 2. The Bertz CT molecular complexity index is 890. The highest BCUT2D eigenvalue weighted by molar-refractivity contribution is 5.72. The van der Waals surface area contributed by atoms with Gasteiger partial charge >= 0.3 is 0 Å². The Morgan fingerprint density at radius 3 is 2.92 bits per heavy atom. The number of β-amino-alcohol motifs (C(OH)–C–C–N with tert-alkyl or cyclic N) is 1. The smallest absolute Gasteiger partial charge is 0.180 e. The average molecular weight is 324 g/mol. The van der Waals surface area contributed by atoms with E-state index < -0.39 is 0 Å². The average Bonchev–Trinajstić information content (AvgIpc) is 3.21. The monoisotopic (exact) mass is 324 g/mol. The highest BCUT2D eigenvalue weighted by Crippen LogP contribution is 2.29. The van der Waals surface area contributed by atoms with Gasteiger partial charge in [0.2, 0.25) is 0 Å². The minimum absolute atomic E-state index is 0.300. The third-order valence-corrected chi connectivity index (χ3v) is 4.63. The van der Waals surface area contributed by atoms with Gasteiger partial charge in [0.25, 0.3) is 0 Å². The lowest BCUT2D eigenvalue weighted by molar-refractivity contribution is 0.198. The fourth-order valence-electron chi connectivity index (χ4n) is 3.30. The van der Waals surface area contributed by atoms with Crippen LogP contribution in [0.4, 0.5) is 5.82 Å². The van der Waals surface area contributed by atoms with E-state index in [1.807, 2.05) is 35.9 Å². The van der Waals surface area contributed by atoms with Crippen LogP contribution in [0.3, 0.4) is 0 Å². The molecule has 0 spiro atoms. The lowest BCUT2D eigenvalue weighted by atomic mass is 10.1. The summed E-state index contributed by atoms with van der Waals surface area (Å²) in [5.74, 6) is 1.12. The molecule has 2 aromatic heterocycles. The van der Waals surface area contributed by atoms with Crippen molar-refractivity contribution in [3.8, 4) is 17.0 Å². The Balaban J connectivity index is 1.81. The first-order valence-corrected chi connectivity index (χ1v) is 8.24. The maximum atomic E-state index is 9.90. The van der Waals surface area contributed by atoms with Gasteiger partial charge in [-0.25, -0.2) is 9.97 Å². The van der Waals surface area contributed by atoms with Crippen LogP contribution in [-0.2, 0) is 6.42 Å². The summed E-state index contributed by atoms with van der Waals surface area (Å²) in [5.41, 5.74) is 3.67. The van der Waals surface area contributed by atoms with Crippen LogP contribution in [-0.4, -0.2) is 43.8 Å². The molecule has 1 unspecified atom stereocenters. The van der Waals surface area contributed by atoms with Gasteiger partial charge < -0.3 is 15.1 Å². The minimum atomic E-state index is -0.300. The van der Waals surface area contributed by atoms with E-state index in [2.05, 4.69) is 14.9 Å². The van der Waals surface area contributed by atoms with E-state index >= 15 is 0 Å². The zero-order valence-electron chi connectivity index (χ0n) is 13.6. The van der Waals surface area contributed by atoms with Crippen molar-refractivity contribution < 1.29 is 10.2 Å². The highest BCUT2D eigenvalue weighted by Gasteiger charge is 2.24. The SMILES string of the molecule is CCc1cc(-c2cnc3c(N4CCC(O)C4)nccn23)ccc1O. The van der Waals surface area contributed by atoms with Crippen molar-refractivity contribution >= 4 is 11.5 Å². The van der Waals surface area contributed by atoms with Gasteiger partial charge in [0.1, 0.15) is 5.75 Å². The van der Waals surface area contributed by atoms with Crippen LogP contribution in [0.5, 0.6) is 5.75 Å². The Morgan fingerprint density at radius 2 is 2.17 bits per heavy atom.